The molecular formula is C12H10F2N6O2. The second-order valence-corrected chi connectivity index (χ2v) is 4.40. The minimum atomic E-state index is -2.54. The van der Waals surface area contributed by atoms with Gasteiger partial charge >= 0.3 is 5.69 Å². The van der Waals surface area contributed by atoms with Gasteiger partial charge in [0.05, 0.1) is 17.8 Å². The molecule has 0 aliphatic heterocycles. The molecule has 0 unspecified atom stereocenters. The van der Waals surface area contributed by atoms with E-state index in [0.29, 0.717) is 11.3 Å². The molecule has 3 rings (SSSR count). The molecule has 0 aliphatic carbocycles. The lowest BCUT2D eigenvalue weighted by atomic mass is 10.2. The van der Waals surface area contributed by atoms with E-state index in [9.17, 15) is 18.4 Å². The van der Waals surface area contributed by atoms with Crippen LogP contribution in [0, 0.1) is 0 Å². The Morgan fingerprint density at radius 2 is 2.18 bits per heavy atom. The van der Waals surface area contributed by atoms with E-state index in [0.717, 1.165) is 0 Å². The fourth-order valence-corrected chi connectivity index (χ4v) is 1.97. The number of imidazole rings is 1. The normalized spacial score (nSPS) is 11.2. The number of anilines is 1. The predicted octanol–water partition coefficient (Wildman–Crippen LogP) is 0.450. The smallest absolute Gasteiger partial charge is 0.325 e. The Balaban J connectivity index is 2.14. The van der Waals surface area contributed by atoms with E-state index in [1.54, 1.807) is 0 Å². The molecule has 0 spiro atoms. The zero-order valence-corrected chi connectivity index (χ0v) is 11.0. The standard InChI is InChI=1S/C12H10F2N6O2/c13-9(14)5-16-8-3-7(19-20-2-1-15-10(8)20)6-4-17-12(22)18-11(6)21/h1-4,9,16H,5H2,(H2,17,18,21,22). The summed E-state index contributed by atoms with van der Waals surface area (Å²) in [5.74, 6) is 0. The summed E-state index contributed by atoms with van der Waals surface area (Å²) in [6.45, 7) is -0.562. The van der Waals surface area contributed by atoms with Crippen LogP contribution in [0.5, 0.6) is 0 Å². The fourth-order valence-electron chi connectivity index (χ4n) is 1.97. The Bertz CT molecular complexity index is 929. The molecule has 8 nitrogen and oxygen atoms in total. The van der Waals surface area contributed by atoms with Crippen LogP contribution in [0.15, 0.2) is 34.2 Å². The van der Waals surface area contributed by atoms with Gasteiger partial charge in [0.25, 0.3) is 12.0 Å². The fraction of sp³-hybridized carbons (Fsp3) is 0.167. The molecular weight excluding hydrogens is 298 g/mol. The Labute approximate surface area is 120 Å². The third kappa shape index (κ3) is 2.57. The van der Waals surface area contributed by atoms with Gasteiger partial charge in [0.15, 0.2) is 5.65 Å². The van der Waals surface area contributed by atoms with Crippen LogP contribution in [0.1, 0.15) is 0 Å². The molecule has 3 aromatic heterocycles. The van der Waals surface area contributed by atoms with Crippen molar-refractivity contribution in [3.05, 3.63) is 45.5 Å². The van der Waals surface area contributed by atoms with Gasteiger partial charge in [-0.25, -0.2) is 23.1 Å². The van der Waals surface area contributed by atoms with Gasteiger partial charge in [0.1, 0.15) is 5.69 Å². The molecule has 10 heteroatoms. The summed E-state index contributed by atoms with van der Waals surface area (Å²) in [4.78, 5) is 31.3. The van der Waals surface area contributed by atoms with E-state index in [2.05, 4.69) is 25.4 Å². The first-order valence-electron chi connectivity index (χ1n) is 6.23. The number of H-pyrrole nitrogens is 2. The lowest BCUT2D eigenvalue weighted by molar-refractivity contribution is 0.163. The zero-order valence-electron chi connectivity index (χ0n) is 11.0. The molecule has 22 heavy (non-hydrogen) atoms. The molecule has 3 heterocycles. The number of alkyl halides is 2. The Morgan fingerprint density at radius 1 is 1.36 bits per heavy atom. The van der Waals surface area contributed by atoms with Gasteiger partial charge in [-0.05, 0) is 6.07 Å². The highest BCUT2D eigenvalue weighted by Gasteiger charge is 2.13. The van der Waals surface area contributed by atoms with Crippen molar-refractivity contribution in [1.82, 2.24) is 24.6 Å². The number of hydrogen-bond donors (Lipinski definition) is 3. The Hall–Kier alpha value is -3.04. The van der Waals surface area contributed by atoms with Crippen LogP contribution in [-0.4, -0.2) is 37.5 Å². The van der Waals surface area contributed by atoms with Gasteiger partial charge in [0.2, 0.25) is 0 Å². The quantitative estimate of drug-likeness (QED) is 0.648. The maximum absolute atomic E-state index is 12.4. The summed E-state index contributed by atoms with van der Waals surface area (Å²) in [6.07, 6.45) is 1.65. The van der Waals surface area contributed by atoms with Crippen molar-refractivity contribution in [2.45, 2.75) is 6.43 Å². The summed E-state index contributed by atoms with van der Waals surface area (Å²) < 4.78 is 26.1. The average molecular weight is 308 g/mol. The monoisotopic (exact) mass is 308 g/mol. The molecule has 0 saturated heterocycles. The summed E-state index contributed by atoms with van der Waals surface area (Å²) in [5, 5.41) is 6.73. The molecule has 3 aromatic rings. The highest BCUT2D eigenvalue weighted by atomic mass is 19.3. The van der Waals surface area contributed by atoms with E-state index in [1.165, 1.54) is 29.2 Å². The maximum atomic E-state index is 12.4. The molecule has 0 atom stereocenters. The van der Waals surface area contributed by atoms with Crippen molar-refractivity contribution in [3.63, 3.8) is 0 Å². The summed E-state index contributed by atoms with van der Waals surface area (Å²) in [6, 6.07) is 1.42. The van der Waals surface area contributed by atoms with Crippen molar-refractivity contribution >= 4 is 11.3 Å². The van der Waals surface area contributed by atoms with Crippen LogP contribution in [0.25, 0.3) is 16.9 Å². The van der Waals surface area contributed by atoms with E-state index in [1.807, 2.05) is 0 Å². The average Bonchev–Trinajstić information content (AvgIpc) is 2.93. The van der Waals surface area contributed by atoms with E-state index >= 15 is 0 Å². The Morgan fingerprint density at radius 3 is 2.91 bits per heavy atom. The van der Waals surface area contributed by atoms with Crippen molar-refractivity contribution in [3.8, 4) is 11.3 Å². The third-order valence-corrected chi connectivity index (χ3v) is 2.90. The van der Waals surface area contributed by atoms with Crippen LogP contribution in [0.4, 0.5) is 14.5 Å². The van der Waals surface area contributed by atoms with Crippen molar-refractivity contribution in [2.75, 3.05) is 11.9 Å². The molecule has 114 valence electrons. The first-order valence-corrected chi connectivity index (χ1v) is 6.23. The summed E-state index contributed by atoms with van der Waals surface area (Å²) in [5.41, 5.74) is -0.301. The molecule has 0 saturated carbocycles. The van der Waals surface area contributed by atoms with E-state index in [4.69, 9.17) is 0 Å². The molecule has 0 fully saturated rings. The third-order valence-electron chi connectivity index (χ3n) is 2.90. The second kappa shape index (κ2) is 5.39. The van der Waals surface area contributed by atoms with E-state index < -0.39 is 24.2 Å². The van der Waals surface area contributed by atoms with Crippen LogP contribution in [0.3, 0.4) is 0 Å². The van der Waals surface area contributed by atoms with Crippen LogP contribution in [0.2, 0.25) is 0 Å². The number of rotatable bonds is 4. The largest absolute Gasteiger partial charge is 0.376 e. The van der Waals surface area contributed by atoms with Gasteiger partial charge in [0, 0.05) is 18.6 Å². The van der Waals surface area contributed by atoms with E-state index in [-0.39, 0.29) is 11.3 Å². The number of halogens is 2. The van der Waals surface area contributed by atoms with Crippen molar-refractivity contribution in [1.29, 1.82) is 0 Å². The molecule has 0 aromatic carbocycles. The molecule has 0 aliphatic rings. The highest BCUT2D eigenvalue weighted by molar-refractivity contribution is 5.73. The van der Waals surface area contributed by atoms with Crippen LogP contribution >= 0.6 is 0 Å². The minimum absolute atomic E-state index is 0.107. The second-order valence-electron chi connectivity index (χ2n) is 4.40. The maximum Gasteiger partial charge on any atom is 0.325 e. The molecule has 3 N–H and O–H groups in total. The van der Waals surface area contributed by atoms with Crippen molar-refractivity contribution in [2.24, 2.45) is 0 Å². The lowest BCUT2D eigenvalue weighted by Crippen LogP contribution is -2.23. The number of fused-ring (bicyclic) bond motifs is 1. The predicted molar refractivity (Wildman–Crippen MR) is 74.2 cm³/mol. The SMILES string of the molecule is O=c1[nH]cc(-c2cc(NCC(F)F)c3nccn3n2)c(=O)[nH]1. The summed E-state index contributed by atoms with van der Waals surface area (Å²) in [7, 11) is 0. The van der Waals surface area contributed by atoms with Crippen LogP contribution in [-0.2, 0) is 0 Å². The number of aromatic amines is 2. The number of aromatic nitrogens is 5. The minimum Gasteiger partial charge on any atom is -0.376 e. The Kier molecular flexibility index (Phi) is 3.41. The topological polar surface area (TPSA) is 108 Å². The first-order chi connectivity index (χ1) is 10.5. The first kappa shape index (κ1) is 13.9. The van der Waals surface area contributed by atoms with Gasteiger partial charge < -0.3 is 10.3 Å². The van der Waals surface area contributed by atoms with Gasteiger partial charge in [-0.1, -0.05) is 0 Å². The van der Waals surface area contributed by atoms with Gasteiger partial charge in [-0.15, -0.1) is 0 Å². The summed E-state index contributed by atoms with van der Waals surface area (Å²) >= 11 is 0. The molecule has 0 bridgehead atoms. The van der Waals surface area contributed by atoms with Gasteiger partial charge in [-0.3, -0.25) is 9.78 Å². The number of hydrogen-bond acceptors (Lipinski definition) is 5. The number of nitrogens with zero attached hydrogens (tertiary/aromatic N) is 3. The zero-order chi connectivity index (χ0) is 15.7. The van der Waals surface area contributed by atoms with Gasteiger partial charge in [-0.2, -0.15) is 5.10 Å². The number of nitrogens with one attached hydrogen (secondary N) is 3. The molecule has 0 amide bonds. The van der Waals surface area contributed by atoms with Crippen molar-refractivity contribution < 1.29 is 8.78 Å². The lowest BCUT2D eigenvalue weighted by Gasteiger charge is -2.09. The highest BCUT2D eigenvalue weighted by Crippen LogP contribution is 2.20. The van der Waals surface area contributed by atoms with Crippen LogP contribution < -0.4 is 16.6 Å². The molecule has 0 radical (unpaired) electrons.